The SMILES string of the molecule is CCCC(=O)c1cc2cc(C(C)(C)C)cc(C)c2o1. The number of rotatable bonds is 3. The lowest BCUT2D eigenvalue weighted by molar-refractivity contribution is 0.0957. The molecule has 0 bridgehead atoms. The van der Waals surface area contributed by atoms with Crippen molar-refractivity contribution in [1.29, 1.82) is 0 Å². The van der Waals surface area contributed by atoms with Crippen molar-refractivity contribution < 1.29 is 9.21 Å². The molecule has 0 amide bonds. The van der Waals surface area contributed by atoms with Gasteiger partial charge >= 0.3 is 0 Å². The van der Waals surface area contributed by atoms with Gasteiger partial charge in [0.25, 0.3) is 0 Å². The average molecular weight is 258 g/mol. The third kappa shape index (κ3) is 2.73. The van der Waals surface area contributed by atoms with E-state index in [1.807, 2.05) is 19.9 Å². The smallest absolute Gasteiger partial charge is 0.198 e. The number of carbonyl (C=O) groups excluding carboxylic acids is 1. The molecular formula is C17H22O2. The number of hydrogen-bond acceptors (Lipinski definition) is 2. The Labute approximate surface area is 114 Å². The van der Waals surface area contributed by atoms with Crippen LogP contribution in [0, 0.1) is 6.92 Å². The molecule has 102 valence electrons. The number of aryl methyl sites for hydroxylation is 1. The molecule has 2 rings (SSSR count). The molecule has 0 spiro atoms. The molecule has 0 aliphatic rings. The van der Waals surface area contributed by atoms with Gasteiger partial charge < -0.3 is 4.42 Å². The first kappa shape index (κ1) is 13.9. The van der Waals surface area contributed by atoms with E-state index in [0.717, 1.165) is 23.0 Å². The van der Waals surface area contributed by atoms with E-state index in [-0.39, 0.29) is 11.2 Å². The van der Waals surface area contributed by atoms with Gasteiger partial charge in [0, 0.05) is 11.8 Å². The van der Waals surface area contributed by atoms with Crippen LogP contribution >= 0.6 is 0 Å². The molecule has 0 fully saturated rings. The first-order chi connectivity index (χ1) is 8.82. The van der Waals surface area contributed by atoms with Crippen molar-refractivity contribution >= 4 is 16.8 Å². The minimum Gasteiger partial charge on any atom is -0.453 e. The lowest BCUT2D eigenvalue weighted by atomic mass is 9.85. The maximum atomic E-state index is 11.9. The summed E-state index contributed by atoms with van der Waals surface area (Å²) < 4.78 is 5.73. The van der Waals surface area contributed by atoms with Gasteiger partial charge in [-0.15, -0.1) is 0 Å². The summed E-state index contributed by atoms with van der Waals surface area (Å²) in [7, 11) is 0. The van der Waals surface area contributed by atoms with E-state index in [1.54, 1.807) is 0 Å². The molecule has 1 aromatic carbocycles. The first-order valence-electron chi connectivity index (χ1n) is 6.91. The summed E-state index contributed by atoms with van der Waals surface area (Å²) in [4.78, 5) is 11.9. The summed E-state index contributed by atoms with van der Waals surface area (Å²) in [6.07, 6.45) is 1.40. The minimum absolute atomic E-state index is 0.0930. The lowest BCUT2D eigenvalue weighted by Gasteiger charge is -2.19. The van der Waals surface area contributed by atoms with E-state index in [4.69, 9.17) is 4.42 Å². The maximum absolute atomic E-state index is 11.9. The molecule has 2 heteroatoms. The predicted molar refractivity (Wildman–Crippen MR) is 78.9 cm³/mol. The number of fused-ring (bicyclic) bond motifs is 1. The van der Waals surface area contributed by atoms with Crippen molar-refractivity contribution in [3.63, 3.8) is 0 Å². The highest BCUT2D eigenvalue weighted by atomic mass is 16.3. The number of carbonyl (C=O) groups is 1. The molecule has 0 atom stereocenters. The normalized spacial score (nSPS) is 12.1. The third-order valence-electron chi connectivity index (χ3n) is 3.42. The minimum atomic E-state index is 0.0930. The van der Waals surface area contributed by atoms with E-state index in [2.05, 4.69) is 32.9 Å². The van der Waals surface area contributed by atoms with Gasteiger partial charge in [-0.1, -0.05) is 33.8 Å². The monoisotopic (exact) mass is 258 g/mol. The van der Waals surface area contributed by atoms with Crippen LogP contribution in [-0.2, 0) is 5.41 Å². The molecule has 0 saturated heterocycles. The quantitative estimate of drug-likeness (QED) is 0.723. The van der Waals surface area contributed by atoms with Gasteiger partial charge in [0.2, 0.25) is 0 Å². The molecule has 0 saturated carbocycles. The Morgan fingerprint density at radius 3 is 2.47 bits per heavy atom. The molecule has 19 heavy (non-hydrogen) atoms. The van der Waals surface area contributed by atoms with E-state index in [1.165, 1.54) is 5.56 Å². The van der Waals surface area contributed by atoms with E-state index in [0.29, 0.717) is 12.2 Å². The van der Waals surface area contributed by atoms with E-state index < -0.39 is 0 Å². The Balaban J connectivity index is 2.54. The lowest BCUT2D eigenvalue weighted by Crippen LogP contribution is -2.10. The Bertz CT molecular complexity index is 612. The van der Waals surface area contributed by atoms with E-state index in [9.17, 15) is 4.79 Å². The van der Waals surface area contributed by atoms with Crippen molar-refractivity contribution in [3.8, 4) is 0 Å². The van der Waals surface area contributed by atoms with Crippen molar-refractivity contribution in [2.24, 2.45) is 0 Å². The van der Waals surface area contributed by atoms with Gasteiger partial charge in [0.1, 0.15) is 5.58 Å². The Hall–Kier alpha value is -1.57. The summed E-state index contributed by atoms with van der Waals surface area (Å²) in [6.45, 7) is 10.6. The molecular weight excluding hydrogens is 236 g/mol. The van der Waals surface area contributed by atoms with Crippen molar-refractivity contribution in [2.45, 2.75) is 52.9 Å². The van der Waals surface area contributed by atoms with Gasteiger partial charge in [-0.3, -0.25) is 4.79 Å². The van der Waals surface area contributed by atoms with Crippen LogP contribution < -0.4 is 0 Å². The summed E-state index contributed by atoms with van der Waals surface area (Å²) >= 11 is 0. The Morgan fingerprint density at radius 2 is 1.89 bits per heavy atom. The van der Waals surface area contributed by atoms with Crippen LogP contribution in [0.2, 0.25) is 0 Å². The summed E-state index contributed by atoms with van der Waals surface area (Å²) in [6, 6.07) is 6.17. The first-order valence-corrected chi connectivity index (χ1v) is 6.91. The Morgan fingerprint density at radius 1 is 1.21 bits per heavy atom. The highest BCUT2D eigenvalue weighted by molar-refractivity contribution is 5.98. The highest BCUT2D eigenvalue weighted by Crippen LogP contribution is 2.31. The van der Waals surface area contributed by atoms with Gasteiger partial charge in [0.15, 0.2) is 11.5 Å². The zero-order chi connectivity index (χ0) is 14.2. The number of Topliss-reactive ketones (excluding diaryl/α,β-unsaturated/α-hetero) is 1. The van der Waals surface area contributed by atoms with Gasteiger partial charge in [0.05, 0.1) is 0 Å². The number of ketones is 1. The van der Waals surface area contributed by atoms with Crippen LogP contribution in [0.4, 0.5) is 0 Å². The van der Waals surface area contributed by atoms with Crippen LogP contribution in [0.1, 0.15) is 62.2 Å². The standard InChI is InChI=1S/C17H22O2/c1-6-7-14(18)15-10-12-9-13(17(3,4)5)8-11(2)16(12)19-15/h8-10H,6-7H2,1-5H3. The van der Waals surface area contributed by atoms with Crippen LogP contribution in [0.5, 0.6) is 0 Å². The highest BCUT2D eigenvalue weighted by Gasteiger charge is 2.18. The van der Waals surface area contributed by atoms with Gasteiger partial charge in [-0.2, -0.15) is 0 Å². The molecule has 0 radical (unpaired) electrons. The maximum Gasteiger partial charge on any atom is 0.198 e. The summed E-state index contributed by atoms with van der Waals surface area (Å²) in [5.74, 6) is 0.585. The summed E-state index contributed by atoms with van der Waals surface area (Å²) in [5, 5.41) is 1.03. The molecule has 2 aromatic rings. The second-order valence-corrected chi connectivity index (χ2v) is 6.25. The fourth-order valence-electron chi connectivity index (χ4n) is 2.25. The average Bonchev–Trinajstić information content (AvgIpc) is 2.72. The fourth-order valence-corrected chi connectivity index (χ4v) is 2.25. The molecule has 0 aliphatic carbocycles. The largest absolute Gasteiger partial charge is 0.453 e. The van der Waals surface area contributed by atoms with Crippen LogP contribution in [0.3, 0.4) is 0 Å². The molecule has 0 aliphatic heterocycles. The predicted octanol–water partition coefficient (Wildman–Crippen LogP) is 5.02. The third-order valence-corrected chi connectivity index (χ3v) is 3.42. The molecule has 2 nitrogen and oxygen atoms in total. The zero-order valence-corrected chi connectivity index (χ0v) is 12.5. The van der Waals surface area contributed by atoms with Crippen LogP contribution in [-0.4, -0.2) is 5.78 Å². The van der Waals surface area contributed by atoms with Crippen LogP contribution in [0.25, 0.3) is 11.0 Å². The molecule has 1 heterocycles. The number of furan rings is 1. The Kier molecular flexibility index (Phi) is 3.53. The zero-order valence-electron chi connectivity index (χ0n) is 12.5. The molecule has 0 N–H and O–H groups in total. The van der Waals surface area contributed by atoms with Gasteiger partial charge in [-0.25, -0.2) is 0 Å². The number of hydrogen-bond donors (Lipinski definition) is 0. The van der Waals surface area contributed by atoms with Crippen LogP contribution in [0.15, 0.2) is 22.6 Å². The van der Waals surface area contributed by atoms with Crippen molar-refractivity contribution in [3.05, 3.63) is 35.1 Å². The van der Waals surface area contributed by atoms with Crippen molar-refractivity contribution in [1.82, 2.24) is 0 Å². The second-order valence-electron chi connectivity index (χ2n) is 6.25. The van der Waals surface area contributed by atoms with E-state index >= 15 is 0 Å². The molecule has 1 aromatic heterocycles. The van der Waals surface area contributed by atoms with Crippen molar-refractivity contribution in [2.75, 3.05) is 0 Å². The van der Waals surface area contributed by atoms with Gasteiger partial charge in [-0.05, 0) is 42.0 Å². The fraction of sp³-hybridized carbons (Fsp3) is 0.471. The molecule has 0 unspecified atom stereocenters. The topological polar surface area (TPSA) is 30.2 Å². The summed E-state index contributed by atoms with van der Waals surface area (Å²) in [5.41, 5.74) is 3.31. The second kappa shape index (κ2) is 4.84. The number of benzene rings is 1.